The summed E-state index contributed by atoms with van der Waals surface area (Å²) in [5.74, 6) is 1.47. The molecule has 1 aromatic carbocycles. The maximum absolute atomic E-state index is 12.4. The average Bonchev–Trinajstić information content (AvgIpc) is 2.64. The first-order valence-electron chi connectivity index (χ1n) is 10.1. The minimum absolute atomic E-state index is 0. The minimum atomic E-state index is 0. The lowest BCUT2D eigenvalue weighted by atomic mass is 9.96. The van der Waals surface area contributed by atoms with Crippen LogP contribution in [0.15, 0.2) is 24.3 Å². The molecule has 152 valence electrons. The normalized spacial score (nSPS) is 14.9. The van der Waals surface area contributed by atoms with Crippen molar-refractivity contribution in [3.63, 3.8) is 0 Å². The molecule has 1 aliphatic heterocycles. The zero-order valence-corrected chi connectivity index (χ0v) is 17.8. The molecular weight excluding hydrogens is 360 g/mol. The van der Waals surface area contributed by atoms with E-state index >= 15 is 0 Å². The van der Waals surface area contributed by atoms with Crippen LogP contribution < -0.4 is 5.32 Å². The summed E-state index contributed by atoms with van der Waals surface area (Å²) in [6.45, 7) is 10.2. The van der Waals surface area contributed by atoms with Gasteiger partial charge < -0.3 is 10.2 Å². The summed E-state index contributed by atoms with van der Waals surface area (Å²) in [6.07, 6.45) is 3.77. The Kier molecular flexibility index (Phi) is 10.6. The molecule has 0 spiro atoms. The Balaban J connectivity index is 0.00000364. The molecule has 0 aromatic heterocycles. The second kappa shape index (κ2) is 12.1. The maximum atomic E-state index is 12.4. The first-order chi connectivity index (χ1) is 12.5. The van der Waals surface area contributed by atoms with Gasteiger partial charge in [-0.1, -0.05) is 45.0 Å². The summed E-state index contributed by atoms with van der Waals surface area (Å²) in [6, 6.07) is 7.86. The number of halogens is 1. The quantitative estimate of drug-likeness (QED) is 0.641. The predicted octanol–water partition coefficient (Wildman–Crippen LogP) is 4.12. The summed E-state index contributed by atoms with van der Waals surface area (Å²) >= 11 is 0. The van der Waals surface area contributed by atoms with Crippen molar-refractivity contribution in [2.75, 3.05) is 26.2 Å². The van der Waals surface area contributed by atoms with Crippen molar-refractivity contribution in [2.24, 2.45) is 11.8 Å². The smallest absolute Gasteiger partial charge is 0.223 e. The monoisotopic (exact) mass is 394 g/mol. The number of piperidine rings is 1. The Morgan fingerprint density at radius 1 is 1.11 bits per heavy atom. The first-order valence-corrected chi connectivity index (χ1v) is 10.1. The number of rotatable bonds is 9. The molecule has 4 nitrogen and oxygen atoms in total. The molecule has 0 unspecified atom stereocenters. The number of Topliss-reactive ketones (excluding diaryl/α,β-unsaturated/α-hetero) is 1. The number of nitrogens with one attached hydrogen (secondary N) is 1. The van der Waals surface area contributed by atoms with Gasteiger partial charge in [-0.2, -0.15) is 0 Å². The lowest BCUT2D eigenvalue weighted by molar-refractivity contribution is -0.132. The van der Waals surface area contributed by atoms with Crippen molar-refractivity contribution in [3.05, 3.63) is 35.4 Å². The number of hydrogen-bond donors (Lipinski definition) is 1. The largest absolute Gasteiger partial charge is 0.343 e. The Hall–Kier alpha value is -1.39. The van der Waals surface area contributed by atoms with E-state index in [1.165, 1.54) is 5.56 Å². The van der Waals surface area contributed by atoms with Crippen LogP contribution in [-0.2, 0) is 11.2 Å². The third-order valence-electron chi connectivity index (χ3n) is 5.14. The fourth-order valence-corrected chi connectivity index (χ4v) is 3.56. The van der Waals surface area contributed by atoms with E-state index in [4.69, 9.17) is 0 Å². The number of carbonyl (C=O) groups is 2. The predicted molar refractivity (Wildman–Crippen MR) is 114 cm³/mol. The van der Waals surface area contributed by atoms with Crippen LogP contribution in [0.25, 0.3) is 0 Å². The molecule has 2 rings (SSSR count). The average molecular weight is 395 g/mol. The molecule has 27 heavy (non-hydrogen) atoms. The van der Waals surface area contributed by atoms with Crippen molar-refractivity contribution >= 4 is 24.1 Å². The molecule has 1 N–H and O–H groups in total. The lowest BCUT2D eigenvalue weighted by Crippen LogP contribution is -2.40. The zero-order chi connectivity index (χ0) is 18.9. The van der Waals surface area contributed by atoms with E-state index in [0.717, 1.165) is 51.0 Å². The third kappa shape index (κ3) is 8.02. The highest BCUT2D eigenvalue weighted by atomic mass is 35.5. The van der Waals surface area contributed by atoms with Crippen molar-refractivity contribution in [1.82, 2.24) is 10.2 Å². The molecule has 1 heterocycles. The molecular formula is C22H35ClN2O2. The van der Waals surface area contributed by atoms with E-state index in [1.54, 1.807) is 0 Å². The van der Waals surface area contributed by atoms with Gasteiger partial charge in [0.2, 0.25) is 5.91 Å². The van der Waals surface area contributed by atoms with E-state index in [-0.39, 0.29) is 24.1 Å². The van der Waals surface area contributed by atoms with Gasteiger partial charge in [-0.3, -0.25) is 9.59 Å². The van der Waals surface area contributed by atoms with Crippen molar-refractivity contribution in [3.8, 4) is 0 Å². The summed E-state index contributed by atoms with van der Waals surface area (Å²) in [4.78, 5) is 26.7. The van der Waals surface area contributed by atoms with E-state index in [0.29, 0.717) is 24.7 Å². The Morgan fingerprint density at radius 2 is 1.74 bits per heavy atom. The molecule has 0 aliphatic carbocycles. The standard InChI is InChI=1S/C22H34N2O2.ClH/c1-4-23-16-19-11-13-24(14-12-19)22(26)10-9-21(25)20-7-5-18(6-8-20)15-17(2)3;/h5-8,17,19,23H,4,9-16H2,1-3H3;1H. The van der Waals surface area contributed by atoms with Crippen LogP contribution >= 0.6 is 12.4 Å². The minimum Gasteiger partial charge on any atom is -0.343 e. The number of amides is 1. The van der Waals surface area contributed by atoms with E-state index in [9.17, 15) is 9.59 Å². The number of ketones is 1. The Bertz CT molecular complexity index is 578. The molecule has 0 atom stereocenters. The number of likely N-dealkylation sites (tertiary alicyclic amines) is 1. The summed E-state index contributed by atoms with van der Waals surface area (Å²) < 4.78 is 0. The van der Waals surface area contributed by atoms with E-state index < -0.39 is 0 Å². The molecule has 1 aliphatic rings. The van der Waals surface area contributed by atoms with Gasteiger partial charge in [0.1, 0.15) is 0 Å². The van der Waals surface area contributed by atoms with Crippen molar-refractivity contribution in [2.45, 2.75) is 52.9 Å². The number of carbonyl (C=O) groups excluding carboxylic acids is 2. The number of benzene rings is 1. The van der Waals surface area contributed by atoms with Crippen LogP contribution in [0.4, 0.5) is 0 Å². The van der Waals surface area contributed by atoms with Gasteiger partial charge in [-0.15, -0.1) is 12.4 Å². The summed E-state index contributed by atoms with van der Waals surface area (Å²) in [5.41, 5.74) is 1.97. The highest BCUT2D eigenvalue weighted by Crippen LogP contribution is 2.18. The fourth-order valence-electron chi connectivity index (χ4n) is 3.56. The van der Waals surface area contributed by atoms with Gasteiger partial charge in [0.25, 0.3) is 0 Å². The highest BCUT2D eigenvalue weighted by molar-refractivity contribution is 5.98. The Labute approximate surface area is 170 Å². The third-order valence-corrected chi connectivity index (χ3v) is 5.14. The first kappa shape index (κ1) is 23.6. The van der Waals surface area contributed by atoms with Crippen LogP contribution in [0.1, 0.15) is 62.4 Å². The Morgan fingerprint density at radius 3 is 2.30 bits per heavy atom. The van der Waals surface area contributed by atoms with Gasteiger partial charge >= 0.3 is 0 Å². The van der Waals surface area contributed by atoms with Crippen molar-refractivity contribution in [1.29, 1.82) is 0 Å². The fraction of sp³-hybridized carbons (Fsp3) is 0.636. The number of hydrogen-bond acceptors (Lipinski definition) is 3. The summed E-state index contributed by atoms with van der Waals surface area (Å²) in [7, 11) is 0. The van der Waals surface area contributed by atoms with Crippen LogP contribution in [0.2, 0.25) is 0 Å². The SMILES string of the molecule is CCNCC1CCN(C(=O)CCC(=O)c2ccc(CC(C)C)cc2)CC1.Cl. The topological polar surface area (TPSA) is 49.4 Å². The van der Waals surface area contributed by atoms with Crippen molar-refractivity contribution < 1.29 is 9.59 Å². The van der Waals surface area contributed by atoms with Gasteiger partial charge in [-0.05, 0) is 49.8 Å². The molecule has 1 aromatic rings. The zero-order valence-electron chi connectivity index (χ0n) is 17.0. The molecule has 1 amide bonds. The lowest BCUT2D eigenvalue weighted by Gasteiger charge is -2.32. The molecule has 1 saturated heterocycles. The second-order valence-electron chi connectivity index (χ2n) is 7.85. The van der Waals surface area contributed by atoms with Gasteiger partial charge in [0.15, 0.2) is 5.78 Å². The van der Waals surface area contributed by atoms with Gasteiger partial charge in [0.05, 0.1) is 0 Å². The summed E-state index contributed by atoms with van der Waals surface area (Å²) in [5, 5.41) is 3.39. The number of nitrogens with zero attached hydrogens (tertiary/aromatic N) is 1. The molecule has 0 radical (unpaired) electrons. The molecule has 0 saturated carbocycles. The van der Waals surface area contributed by atoms with E-state index in [2.05, 4.69) is 26.1 Å². The van der Waals surface area contributed by atoms with Crippen LogP contribution in [-0.4, -0.2) is 42.8 Å². The molecule has 0 bridgehead atoms. The molecule has 5 heteroatoms. The van der Waals surface area contributed by atoms with Crippen LogP contribution in [0.3, 0.4) is 0 Å². The van der Waals surface area contributed by atoms with Gasteiger partial charge in [-0.25, -0.2) is 0 Å². The van der Waals surface area contributed by atoms with Gasteiger partial charge in [0, 0.05) is 31.5 Å². The van der Waals surface area contributed by atoms with Crippen LogP contribution in [0.5, 0.6) is 0 Å². The second-order valence-corrected chi connectivity index (χ2v) is 7.85. The molecule has 1 fully saturated rings. The highest BCUT2D eigenvalue weighted by Gasteiger charge is 2.22. The van der Waals surface area contributed by atoms with E-state index in [1.807, 2.05) is 29.2 Å². The maximum Gasteiger partial charge on any atom is 0.223 e. The van der Waals surface area contributed by atoms with Crippen LogP contribution in [0, 0.1) is 11.8 Å².